The molecule has 1 aromatic rings. The molecule has 0 amide bonds. The Morgan fingerprint density at radius 3 is 2.60 bits per heavy atom. The molecule has 1 aliphatic heterocycles. The van der Waals surface area contributed by atoms with Gasteiger partial charge < -0.3 is 0 Å². The predicted molar refractivity (Wildman–Crippen MR) is 46.8 cm³/mol. The maximum Gasteiger partial charge on any atom is 0.447 e. The molecule has 1 aliphatic rings. The summed E-state index contributed by atoms with van der Waals surface area (Å²) in [5, 5.41) is 2.61. The van der Waals surface area contributed by atoms with Crippen LogP contribution in [0.1, 0.15) is 18.9 Å². The minimum atomic E-state index is -4.38. The van der Waals surface area contributed by atoms with Crippen molar-refractivity contribution in [1.29, 1.82) is 0 Å². The molecule has 3 nitrogen and oxygen atoms in total. The van der Waals surface area contributed by atoms with Crippen molar-refractivity contribution in [2.24, 2.45) is 10.9 Å². The molecule has 1 atom stereocenters. The van der Waals surface area contributed by atoms with Gasteiger partial charge in [-0.1, -0.05) is 28.3 Å². The summed E-state index contributed by atoms with van der Waals surface area (Å²) in [5.74, 6) is 0.272. The standard InChI is InChI=1S/C8H9F3N3S/c1-4(2)5-3-14-7(12-5)15-6(13-14)8(9,10)11/h3-5H,1-2H3/q+1. The van der Waals surface area contributed by atoms with E-state index in [0.29, 0.717) is 16.1 Å². The third-order valence-corrected chi connectivity index (χ3v) is 3.04. The molecule has 0 saturated heterocycles. The molecule has 0 aromatic carbocycles. The average Bonchev–Trinajstić information content (AvgIpc) is 2.55. The number of rotatable bonds is 1. The van der Waals surface area contributed by atoms with Crippen molar-refractivity contribution in [3.8, 4) is 0 Å². The van der Waals surface area contributed by atoms with E-state index in [1.54, 1.807) is 6.21 Å². The number of hydrogen-bond donors (Lipinski definition) is 0. The molecule has 0 radical (unpaired) electrons. The Labute approximate surface area is 87.6 Å². The summed E-state index contributed by atoms with van der Waals surface area (Å²) >= 11 is 0.579. The van der Waals surface area contributed by atoms with Crippen molar-refractivity contribution in [2.45, 2.75) is 26.1 Å². The van der Waals surface area contributed by atoms with Crippen LogP contribution in [0.3, 0.4) is 0 Å². The molecule has 1 unspecified atom stereocenters. The molecule has 0 fully saturated rings. The van der Waals surface area contributed by atoms with E-state index in [9.17, 15) is 13.2 Å². The monoisotopic (exact) mass is 236 g/mol. The van der Waals surface area contributed by atoms with Crippen molar-refractivity contribution in [3.05, 3.63) is 16.0 Å². The number of aromatic nitrogens is 2. The van der Waals surface area contributed by atoms with Gasteiger partial charge in [0, 0.05) is 5.92 Å². The van der Waals surface area contributed by atoms with Gasteiger partial charge in [-0.3, -0.25) is 0 Å². The zero-order valence-electron chi connectivity index (χ0n) is 8.12. The molecule has 7 heteroatoms. The fourth-order valence-corrected chi connectivity index (χ4v) is 2.01. The van der Waals surface area contributed by atoms with Gasteiger partial charge in [0.2, 0.25) is 11.0 Å². The van der Waals surface area contributed by atoms with Gasteiger partial charge >= 0.3 is 11.0 Å². The second kappa shape index (κ2) is 3.26. The first-order valence-electron chi connectivity index (χ1n) is 4.43. The highest BCUT2D eigenvalue weighted by atomic mass is 32.1. The van der Waals surface area contributed by atoms with E-state index in [1.165, 1.54) is 4.36 Å². The molecule has 0 aliphatic carbocycles. The molecule has 0 N–H and O–H groups in total. The SMILES string of the molecule is CC(C)C1C=[n+]2nc(C(F)(F)F)sc2=N1. The van der Waals surface area contributed by atoms with Crippen LogP contribution in [-0.4, -0.2) is 11.1 Å². The Balaban J connectivity index is 2.43. The van der Waals surface area contributed by atoms with Gasteiger partial charge in [0.25, 0.3) is 0 Å². The van der Waals surface area contributed by atoms with Crippen molar-refractivity contribution in [1.82, 2.24) is 5.10 Å². The Morgan fingerprint density at radius 1 is 1.47 bits per heavy atom. The largest absolute Gasteiger partial charge is 0.447 e. The van der Waals surface area contributed by atoms with E-state index < -0.39 is 11.2 Å². The van der Waals surface area contributed by atoms with Crippen LogP contribution in [0, 0.1) is 12.1 Å². The highest BCUT2D eigenvalue weighted by molar-refractivity contribution is 7.08. The number of hydrogen-bond acceptors (Lipinski definition) is 3. The Hall–Kier alpha value is -0.980. The van der Waals surface area contributed by atoms with Crippen molar-refractivity contribution < 1.29 is 17.5 Å². The van der Waals surface area contributed by atoms with Crippen LogP contribution in [0.4, 0.5) is 13.2 Å². The summed E-state index contributed by atoms with van der Waals surface area (Å²) in [6.07, 6.45) is -2.76. The summed E-state index contributed by atoms with van der Waals surface area (Å²) in [6, 6.07) is -0.0639. The van der Waals surface area contributed by atoms with Gasteiger partial charge in [-0.15, -0.1) is 0 Å². The van der Waals surface area contributed by atoms with Crippen molar-refractivity contribution >= 4 is 11.3 Å². The molecule has 2 heterocycles. The fraction of sp³-hybridized carbons (Fsp3) is 0.625. The second-order valence-electron chi connectivity index (χ2n) is 3.64. The van der Waals surface area contributed by atoms with Crippen LogP contribution >= 0.6 is 11.3 Å². The Bertz CT molecular complexity index is 455. The van der Waals surface area contributed by atoms with Crippen molar-refractivity contribution in [3.63, 3.8) is 0 Å². The third-order valence-electron chi connectivity index (χ3n) is 2.06. The van der Waals surface area contributed by atoms with Gasteiger partial charge in [-0.2, -0.15) is 13.2 Å². The summed E-state index contributed by atoms with van der Waals surface area (Å²) in [5.41, 5.74) is 0. The molecule has 82 valence electrons. The molecule has 0 bridgehead atoms. The number of halogens is 3. The Kier molecular flexibility index (Phi) is 2.29. The van der Waals surface area contributed by atoms with Crippen molar-refractivity contribution in [2.75, 3.05) is 0 Å². The van der Waals surface area contributed by atoms with Crippen LogP contribution in [0.5, 0.6) is 0 Å². The molecule has 0 spiro atoms. The van der Waals surface area contributed by atoms with Crippen LogP contribution in [-0.2, 0) is 6.18 Å². The summed E-state index contributed by atoms with van der Waals surface area (Å²) < 4.78 is 38.0. The van der Waals surface area contributed by atoms with E-state index >= 15 is 0 Å². The van der Waals surface area contributed by atoms with E-state index in [1.807, 2.05) is 13.8 Å². The lowest BCUT2D eigenvalue weighted by molar-refractivity contribution is -0.585. The number of fused-ring (bicyclic) bond motifs is 1. The van der Waals surface area contributed by atoms with E-state index in [-0.39, 0.29) is 12.0 Å². The highest BCUT2D eigenvalue weighted by Gasteiger charge is 2.39. The lowest BCUT2D eigenvalue weighted by Gasteiger charge is -1.99. The first-order chi connectivity index (χ1) is 6.88. The first kappa shape index (κ1) is 10.5. The predicted octanol–water partition coefficient (Wildman–Crippen LogP) is 1.12. The zero-order chi connectivity index (χ0) is 11.2. The maximum absolute atomic E-state index is 12.3. The van der Waals surface area contributed by atoms with Crippen LogP contribution in [0.25, 0.3) is 0 Å². The topological polar surface area (TPSA) is 31.2 Å². The van der Waals surface area contributed by atoms with Gasteiger partial charge in [-0.25, -0.2) is 0 Å². The minimum Gasteiger partial charge on any atom is -0.164 e. The van der Waals surface area contributed by atoms with Gasteiger partial charge in [0.15, 0.2) is 0 Å². The Morgan fingerprint density at radius 2 is 2.13 bits per heavy atom. The second-order valence-corrected chi connectivity index (χ2v) is 4.60. The number of nitrogens with zero attached hydrogens (tertiary/aromatic N) is 3. The minimum absolute atomic E-state index is 0.0639. The zero-order valence-corrected chi connectivity index (χ0v) is 8.93. The van der Waals surface area contributed by atoms with Gasteiger partial charge in [0.05, 0.1) is 0 Å². The van der Waals surface area contributed by atoms with Crippen LogP contribution in [0.15, 0.2) is 4.99 Å². The maximum atomic E-state index is 12.3. The van der Waals surface area contributed by atoms with Gasteiger partial charge in [-0.05, 0) is 11.3 Å². The fourth-order valence-electron chi connectivity index (χ4n) is 1.22. The molecule has 15 heavy (non-hydrogen) atoms. The lowest BCUT2D eigenvalue weighted by atomic mass is 10.1. The highest BCUT2D eigenvalue weighted by Crippen LogP contribution is 2.28. The number of alkyl halides is 3. The molecule has 1 aromatic heterocycles. The van der Waals surface area contributed by atoms with E-state index in [0.717, 1.165) is 0 Å². The molecular weight excluding hydrogens is 227 g/mol. The third kappa shape index (κ3) is 1.88. The van der Waals surface area contributed by atoms with Crippen LogP contribution < -0.4 is 9.16 Å². The summed E-state index contributed by atoms with van der Waals surface area (Å²) in [6.45, 7) is 3.93. The van der Waals surface area contributed by atoms with Gasteiger partial charge in [0.1, 0.15) is 6.21 Å². The smallest absolute Gasteiger partial charge is 0.164 e. The van der Waals surface area contributed by atoms with E-state index in [2.05, 4.69) is 10.1 Å². The summed E-state index contributed by atoms with van der Waals surface area (Å²) in [7, 11) is 0. The molecular formula is C8H9F3N3S+. The average molecular weight is 236 g/mol. The van der Waals surface area contributed by atoms with E-state index in [4.69, 9.17) is 0 Å². The summed E-state index contributed by atoms with van der Waals surface area (Å²) in [4.78, 5) is 4.47. The molecule has 2 rings (SSSR count). The first-order valence-corrected chi connectivity index (χ1v) is 5.25. The lowest BCUT2D eigenvalue weighted by Crippen LogP contribution is -2.32. The quantitative estimate of drug-likeness (QED) is 0.672. The van der Waals surface area contributed by atoms with Crippen LogP contribution in [0.2, 0.25) is 0 Å². The molecule has 0 saturated carbocycles. The normalized spacial score (nSPS) is 20.0.